The maximum atomic E-state index is 13.2. The van der Waals surface area contributed by atoms with E-state index in [4.69, 9.17) is 4.74 Å². The summed E-state index contributed by atoms with van der Waals surface area (Å²) >= 11 is 0. The molecule has 0 bridgehead atoms. The van der Waals surface area contributed by atoms with E-state index in [9.17, 15) is 13.2 Å². The molecule has 1 amide bonds. The molecule has 1 aliphatic heterocycles. The van der Waals surface area contributed by atoms with Gasteiger partial charge in [0, 0.05) is 43.8 Å². The van der Waals surface area contributed by atoms with Gasteiger partial charge >= 0.3 is 0 Å². The Morgan fingerprint density at radius 1 is 1.16 bits per heavy atom. The average molecular weight is 442 g/mol. The highest BCUT2D eigenvalue weighted by Crippen LogP contribution is 2.26. The summed E-state index contributed by atoms with van der Waals surface area (Å²) in [6, 6.07) is 14.6. The molecular weight excluding hydrogens is 414 g/mol. The molecule has 0 unspecified atom stereocenters. The largest absolute Gasteiger partial charge is 0.497 e. The summed E-state index contributed by atoms with van der Waals surface area (Å²) in [6.07, 6.45) is 3.25. The van der Waals surface area contributed by atoms with Crippen LogP contribution < -0.4 is 10.1 Å². The van der Waals surface area contributed by atoms with Gasteiger partial charge in [-0.3, -0.25) is 4.79 Å². The summed E-state index contributed by atoms with van der Waals surface area (Å²) in [5, 5.41) is 3.82. The predicted molar refractivity (Wildman–Crippen MR) is 119 cm³/mol. The normalized spacial score (nSPS) is 17.5. The van der Waals surface area contributed by atoms with E-state index in [-0.39, 0.29) is 23.3 Å². The number of rotatable bonds is 6. The highest BCUT2D eigenvalue weighted by atomic mass is 32.2. The number of nitrogens with zero attached hydrogens (tertiary/aromatic N) is 2. The van der Waals surface area contributed by atoms with Gasteiger partial charge in [-0.1, -0.05) is 12.1 Å². The molecule has 2 heterocycles. The van der Waals surface area contributed by atoms with Gasteiger partial charge in [-0.05, 0) is 54.8 Å². The molecule has 0 saturated carbocycles. The molecule has 1 N–H and O–H groups in total. The van der Waals surface area contributed by atoms with E-state index in [0.29, 0.717) is 25.9 Å². The second-order valence-electron chi connectivity index (χ2n) is 7.92. The number of fused-ring (bicyclic) bond motifs is 1. The summed E-state index contributed by atoms with van der Waals surface area (Å²) in [6.45, 7) is 1.03. The van der Waals surface area contributed by atoms with Crippen molar-refractivity contribution in [2.24, 2.45) is 13.0 Å². The van der Waals surface area contributed by atoms with E-state index < -0.39 is 10.0 Å². The Bertz CT molecular complexity index is 1190. The van der Waals surface area contributed by atoms with E-state index in [1.807, 2.05) is 54.2 Å². The van der Waals surface area contributed by atoms with Crippen LogP contribution in [-0.2, 0) is 28.4 Å². The number of nitrogens with one attached hydrogen (secondary N) is 1. The fourth-order valence-corrected chi connectivity index (χ4v) is 5.58. The topological polar surface area (TPSA) is 80.6 Å². The Kier molecular flexibility index (Phi) is 6.02. The van der Waals surface area contributed by atoms with Gasteiger partial charge in [-0.25, -0.2) is 8.42 Å². The minimum absolute atomic E-state index is 0.116. The Hall–Kier alpha value is -2.84. The highest BCUT2D eigenvalue weighted by Gasteiger charge is 2.33. The molecule has 1 aromatic heterocycles. The molecule has 0 spiro atoms. The second-order valence-corrected chi connectivity index (χ2v) is 9.85. The lowest BCUT2D eigenvalue weighted by molar-refractivity contribution is -0.126. The van der Waals surface area contributed by atoms with Crippen molar-refractivity contribution in [2.45, 2.75) is 24.3 Å². The van der Waals surface area contributed by atoms with Crippen LogP contribution >= 0.6 is 0 Å². The van der Waals surface area contributed by atoms with Crippen LogP contribution in [0.25, 0.3) is 10.9 Å². The molecule has 3 aromatic rings. The number of aryl methyl sites for hydroxylation is 1. The molecule has 1 aliphatic rings. The van der Waals surface area contributed by atoms with Crippen LogP contribution in [0.4, 0.5) is 0 Å². The summed E-state index contributed by atoms with van der Waals surface area (Å²) in [5.74, 6) is 0.286. The van der Waals surface area contributed by atoms with E-state index in [1.54, 1.807) is 19.2 Å². The van der Waals surface area contributed by atoms with E-state index in [0.717, 1.165) is 22.2 Å². The van der Waals surface area contributed by atoms with Crippen LogP contribution in [0, 0.1) is 5.92 Å². The number of piperidine rings is 1. The smallest absolute Gasteiger partial charge is 0.243 e. The van der Waals surface area contributed by atoms with Gasteiger partial charge in [-0.15, -0.1) is 0 Å². The maximum Gasteiger partial charge on any atom is 0.243 e. The molecule has 0 radical (unpaired) electrons. The molecule has 1 saturated heterocycles. The zero-order valence-corrected chi connectivity index (χ0v) is 18.6. The summed E-state index contributed by atoms with van der Waals surface area (Å²) in [5.41, 5.74) is 1.94. The molecule has 31 heavy (non-hydrogen) atoms. The van der Waals surface area contributed by atoms with Gasteiger partial charge < -0.3 is 14.6 Å². The van der Waals surface area contributed by atoms with Gasteiger partial charge in [0.2, 0.25) is 15.9 Å². The van der Waals surface area contributed by atoms with Gasteiger partial charge in [-0.2, -0.15) is 4.31 Å². The first kappa shape index (κ1) is 21.4. The van der Waals surface area contributed by atoms with Gasteiger partial charge in [0.1, 0.15) is 5.75 Å². The first-order chi connectivity index (χ1) is 14.9. The van der Waals surface area contributed by atoms with Gasteiger partial charge in [0.25, 0.3) is 0 Å². The molecule has 4 rings (SSSR count). The van der Waals surface area contributed by atoms with E-state index in [2.05, 4.69) is 5.32 Å². The molecule has 1 atom stereocenters. The van der Waals surface area contributed by atoms with Crippen LogP contribution in [0.1, 0.15) is 18.4 Å². The first-order valence-electron chi connectivity index (χ1n) is 10.3. The number of carbonyl (C=O) groups excluding carboxylic acids is 1. The first-order valence-corrected chi connectivity index (χ1v) is 11.8. The van der Waals surface area contributed by atoms with Crippen molar-refractivity contribution in [3.05, 3.63) is 60.3 Å². The lowest BCUT2D eigenvalue weighted by Gasteiger charge is -2.31. The third kappa shape index (κ3) is 4.45. The van der Waals surface area contributed by atoms with Crippen molar-refractivity contribution in [3.8, 4) is 5.75 Å². The number of amides is 1. The third-order valence-corrected chi connectivity index (χ3v) is 7.74. The monoisotopic (exact) mass is 441 g/mol. The summed E-state index contributed by atoms with van der Waals surface area (Å²) < 4.78 is 35.0. The second kappa shape index (κ2) is 8.72. The molecule has 1 fully saturated rings. The molecule has 164 valence electrons. The van der Waals surface area contributed by atoms with Crippen molar-refractivity contribution in [3.63, 3.8) is 0 Å². The van der Waals surface area contributed by atoms with E-state index in [1.165, 1.54) is 4.31 Å². The third-order valence-electron chi connectivity index (χ3n) is 5.88. The Morgan fingerprint density at radius 2 is 1.94 bits per heavy atom. The van der Waals surface area contributed by atoms with Crippen LogP contribution in [-0.4, -0.2) is 43.4 Å². The highest BCUT2D eigenvalue weighted by molar-refractivity contribution is 7.89. The fraction of sp³-hybridized carbons (Fsp3) is 0.348. The number of hydrogen-bond donors (Lipinski definition) is 1. The Balaban J connectivity index is 1.43. The summed E-state index contributed by atoms with van der Waals surface area (Å²) in [4.78, 5) is 13.0. The summed E-state index contributed by atoms with van der Waals surface area (Å²) in [7, 11) is -0.120. The van der Waals surface area contributed by atoms with Crippen LogP contribution in [0.2, 0.25) is 0 Å². The molecule has 0 aliphatic carbocycles. The van der Waals surface area contributed by atoms with Crippen molar-refractivity contribution >= 4 is 26.8 Å². The van der Waals surface area contributed by atoms with Gasteiger partial charge in [0.15, 0.2) is 0 Å². The molecular formula is C23H27N3O4S. The fourth-order valence-electron chi connectivity index (χ4n) is 4.02. The number of sulfonamides is 1. The Labute approximate surface area is 182 Å². The number of aromatic nitrogens is 1. The lowest BCUT2D eigenvalue weighted by atomic mass is 9.99. The maximum absolute atomic E-state index is 13.2. The van der Waals surface area contributed by atoms with Crippen molar-refractivity contribution in [1.82, 2.24) is 14.2 Å². The average Bonchev–Trinajstić information content (AvgIpc) is 3.18. The zero-order chi connectivity index (χ0) is 22.0. The van der Waals surface area contributed by atoms with Crippen molar-refractivity contribution < 1.29 is 17.9 Å². The van der Waals surface area contributed by atoms with Crippen LogP contribution in [0.5, 0.6) is 5.75 Å². The number of benzene rings is 2. The molecule has 8 heteroatoms. The van der Waals surface area contributed by atoms with Crippen molar-refractivity contribution in [1.29, 1.82) is 0 Å². The predicted octanol–water partition coefficient (Wildman–Crippen LogP) is 2.90. The Morgan fingerprint density at radius 3 is 2.68 bits per heavy atom. The van der Waals surface area contributed by atoms with Gasteiger partial charge in [0.05, 0.1) is 17.9 Å². The van der Waals surface area contributed by atoms with Crippen LogP contribution in [0.15, 0.2) is 59.6 Å². The number of carbonyl (C=O) groups is 1. The zero-order valence-electron chi connectivity index (χ0n) is 17.7. The quantitative estimate of drug-likeness (QED) is 0.638. The molecule has 7 nitrogen and oxygen atoms in total. The lowest BCUT2D eigenvalue weighted by Crippen LogP contribution is -2.45. The minimum atomic E-state index is -3.66. The van der Waals surface area contributed by atoms with E-state index >= 15 is 0 Å². The standard InChI is InChI=1S/C23H27N3O4S/c1-25-13-11-18-14-21(9-10-22(18)25)31(28,29)26-12-3-4-19(16-26)23(27)24-15-17-5-7-20(30-2)8-6-17/h5-11,13-14,19H,3-4,12,15-16H2,1-2H3,(H,24,27)/t19-/m0/s1. The number of hydrogen-bond acceptors (Lipinski definition) is 4. The molecule has 2 aromatic carbocycles. The number of ether oxygens (including phenoxy) is 1. The van der Waals surface area contributed by atoms with Crippen molar-refractivity contribution in [2.75, 3.05) is 20.2 Å². The number of methoxy groups -OCH3 is 1. The minimum Gasteiger partial charge on any atom is -0.497 e. The van der Waals surface area contributed by atoms with Crippen LogP contribution in [0.3, 0.4) is 0 Å². The SMILES string of the molecule is COc1ccc(CNC(=O)[C@H]2CCCN(S(=O)(=O)c3ccc4c(ccn4C)c3)C2)cc1.